The predicted molar refractivity (Wildman–Crippen MR) is 76.3 cm³/mol. The molecule has 1 amide bonds. The Bertz CT molecular complexity index is 425. The third kappa shape index (κ3) is 3.49. The summed E-state index contributed by atoms with van der Waals surface area (Å²) < 4.78 is 5.20. The summed E-state index contributed by atoms with van der Waals surface area (Å²) in [6.07, 6.45) is 5.32. The maximum absolute atomic E-state index is 12.4. The highest BCUT2D eigenvalue weighted by Crippen LogP contribution is 2.24. The summed E-state index contributed by atoms with van der Waals surface area (Å²) in [5.74, 6) is 1.05. The zero-order valence-electron chi connectivity index (χ0n) is 11.9. The number of hydrogen-bond donors (Lipinski definition) is 0. The van der Waals surface area contributed by atoms with Gasteiger partial charge in [0.25, 0.3) is 0 Å². The van der Waals surface area contributed by atoms with E-state index in [0.29, 0.717) is 12.5 Å². The fourth-order valence-electron chi connectivity index (χ4n) is 2.91. The normalized spacial score (nSPS) is 15.5. The van der Waals surface area contributed by atoms with Crippen molar-refractivity contribution >= 4 is 5.91 Å². The molecule has 0 N–H and O–H groups in total. The number of benzene rings is 1. The lowest BCUT2D eigenvalue weighted by Crippen LogP contribution is -2.39. The molecule has 104 valence electrons. The minimum atomic E-state index is 0.239. The zero-order chi connectivity index (χ0) is 13.7. The van der Waals surface area contributed by atoms with Gasteiger partial charge in [0.2, 0.25) is 5.91 Å². The quantitative estimate of drug-likeness (QED) is 0.815. The highest BCUT2D eigenvalue weighted by Gasteiger charge is 2.25. The van der Waals surface area contributed by atoms with Crippen molar-refractivity contribution in [3.05, 3.63) is 29.8 Å². The van der Waals surface area contributed by atoms with Gasteiger partial charge in [0.1, 0.15) is 5.75 Å². The molecule has 2 rings (SSSR count). The van der Waals surface area contributed by atoms with E-state index in [9.17, 15) is 4.79 Å². The summed E-state index contributed by atoms with van der Waals surface area (Å²) in [6.45, 7) is 2.88. The molecule has 1 aromatic carbocycles. The Morgan fingerprint density at radius 1 is 1.37 bits per heavy atom. The Morgan fingerprint density at radius 2 is 2.11 bits per heavy atom. The smallest absolute Gasteiger partial charge is 0.227 e. The molecule has 0 saturated heterocycles. The molecule has 1 fully saturated rings. The lowest BCUT2D eigenvalue weighted by atomic mass is 10.1. The Morgan fingerprint density at radius 3 is 2.74 bits per heavy atom. The third-order valence-corrected chi connectivity index (χ3v) is 3.92. The summed E-state index contributed by atoms with van der Waals surface area (Å²) in [7, 11) is 1.65. The van der Waals surface area contributed by atoms with Gasteiger partial charge in [-0.1, -0.05) is 25.0 Å². The summed E-state index contributed by atoms with van der Waals surface area (Å²) in [5.41, 5.74) is 1.03. The van der Waals surface area contributed by atoms with Crippen LogP contribution in [-0.4, -0.2) is 30.5 Å². The zero-order valence-corrected chi connectivity index (χ0v) is 11.9. The molecule has 0 heterocycles. The Hall–Kier alpha value is -1.51. The van der Waals surface area contributed by atoms with Gasteiger partial charge in [0, 0.05) is 12.6 Å². The van der Waals surface area contributed by atoms with Crippen molar-refractivity contribution in [2.75, 3.05) is 13.7 Å². The van der Waals surface area contributed by atoms with Crippen molar-refractivity contribution in [1.82, 2.24) is 4.90 Å². The summed E-state index contributed by atoms with van der Waals surface area (Å²) >= 11 is 0. The second-order valence-corrected chi connectivity index (χ2v) is 5.15. The van der Waals surface area contributed by atoms with E-state index in [1.54, 1.807) is 7.11 Å². The van der Waals surface area contributed by atoms with Crippen LogP contribution < -0.4 is 4.74 Å². The number of rotatable bonds is 5. The lowest BCUT2D eigenvalue weighted by Gasteiger charge is -2.27. The molecule has 0 spiro atoms. The Balaban J connectivity index is 2.01. The number of likely N-dealkylation sites (N-methyl/N-ethyl adjacent to an activating group) is 1. The van der Waals surface area contributed by atoms with E-state index in [4.69, 9.17) is 4.74 Å². The number of amides is 1. The monoisotopic (exact) mass is 261 g/mol. The first-order chi connectivity index (χ1) is 9.24. The molecule has 0 unspecified atom stereocenters. The fourth-order valence-corrected chi connectivity index (χ4v) is 2.91. The minimum Gasteiger partial charge on any atom is -0.497 e. The summed E-state index contributed by atoms with van der Waals surface area (Å²) in [5, 5.41) is 0. The number of methoxy groups -OCH3 is 1. The topological polar surface area (TPSA) is 29.5 Å². The maximum atomic E-state index is 12.4. The minimum absolute atomic E-state index is 0.239. The summed E-state index contributed by atoms with van der Waals surface area (Å²) in [6, 6.07) is 8.24. The van der Waals surface area contributed by atoms with E-state index in [1.807, 2.05) is 29.2 Å². The molecule has 0 aliphatic heterocycles. The molecular formula is C16H23NO2. The molecule has 0 aromatic heterocycles. The van der Waals surface area contributed by atoms with Gasteiger partial charge in [-0.2, -0.15) is 0 Å². The van der Waals surface area contributed by atoms with Crippen LogP contribution in [-0.2, 0) is 11.2 Å². The molecule has 1 aliphatic carbocycles. The van der Waals surface area contributed by atoms with Crippen molar-refractivity contribution < 1.29 is 9.53 Å². The number of carbonyl (C=O) groups is 1. The molecule has 1 aromatic rings. The standard InChI is InChI=1S/C16H23NO2/c1-3-17(14-8-4-5-9-14)16(18)12-13-7-6-10-15(11-13)19-2/h6-7,10-11,14H,3-5,8-9,12H2,1-2H3. The van der Waals surface area contributed by atoms with Crippen LogP contribution in [0.1, 0.15) is 38.2 Å². The van der Waals surface area contributed by atoms with Gasteiger partial charge < -0.3 is 9.64 Å². The van der Waals surface area contributed by atoms with Gasteiger partial charge in [0.15, 0.2) is 0 Å². The Labute approximate surface area is 115 Å². The number of ether oxygens (including phenoxy) is 1. The highest BCUT2D eigenvalue weighted by atomic mass is 16.5. The van der Waals surface area contributed by atoms with Crippen LogP contribution in [0.15, 0.2) is 24.3 Å². The largest absolute Gasteiger partial charge is 0.497 e. The average Bonchev–Trinajstić information content (AvgIpc) is 2.93. The van der Waals surface area contributed by atoms with Gasteiger partial charge in [-0.25, -0.2) is 0 Å². The van der Waals surface area contributed by atoms with Gasteiger partial charge >= 0.3 is 0 Å². The molecule has 1 aliphatic rings. The van der Waals surface area contributed by atoms with Crippen molar-refractivity contribution in [2.45, 2.75) is 45.1 Å². The molecule has 0 atom stereocenters. The molecule has 3 heteroatoms. The van der Waals surface area contributed by atoms with Crippen LogP contribution in [0.5, 0.6) is 5.75 Å². The first kappa shape index (κ1) is 13.9. The second kappa shape index (κ2) is 6.60. The molecule has 19 heavy (non-hydrogen) atoms. The van der Waals surface area contributed by atoms with Crippen LogP contribution in [0.25, 0.3) is 0 Å². The third-order valence-electron chi connectivity index (χ3n) is 3.92. The summed E-state index contributed by atoms with van der Waals surface area (Å²) in [4.78, 5) is 14.5. The Kier molecular flexibility index (Phi) is 4.83. The van der Waals surface area contributed by atoms with Gasteiger partial charge in [-0.3, -0.25) is 4.79 Å². The van der Waals surface area contributed by atoms with Crippen molar-refractivity contribution in [3.63, 3.8) is 0 Å². The predicted octanol–water partition coefficient (Wildman–Crippen LogP) is 3.03. The maximum Gasteiger partial charge on any atom is 0.227 e. The highest BCUT2D eigenvalue weighted by molar-refractivity contribution is 5.79. The second-order valence-electron chi connectivity index (χ2n) is 5.15. The number of nitrogens with zero attached hydrogens (tertiary/aromatic N) is 1. The fraction of sp³-hybridized carbons (Fsp3) is 0.562. The van der Waals surface area contributed by atoms with Gasteiger partial charge in [0.05, 0.1) is 13.5 Å². The van der Waals surface area contributed by atoms with E-state index in [0.717, 1.165) is 30.7 Å². The van der Waals surface area contributed by atoms with Crippen LogP contribution in [0.2, 0.25) is 0 Å². The number of carbonyl (C=O) groups excluding carboxylic acids is 1. The van der Waals surface area contributed by atoms with Crippen LogP contribution in [0, 0.1) is 0 Å². The van der Waals surface area contributed by atoms with Gasteiger partial charge in [-0.15, -0.1) is 0 Å². The van der Waals surface area contributed by atoms with E-state index in [2.05, 4.69) is 6.92 Å². The average molecular weight is 261 g/mol. The van der Waals surface area contributed by atoms with Crippen molar-refractivity contribution in [2.24, 2.45) is 0 Å². The van der Waals surface area contributed by atoms with Crippen LogP contribution >= 0.6 is 0 Å². The van der Waals surface area contributed by atoms with Crippen molar-refractivity contribution in [1.29, 1.82) is 0 Å². The SMILES string of the molecule is CCN(C(=O)Cc1cccc(OC)c1)C1CCCC1. The van der Waals surface area contributed by atoms with E-state index in [-0.39, 0.29) is 5.91 Å². The molecule has 1 saturated carbocycles. The lowest BCUT2D eigenvalue weighted by molar-refractivity contribution is -0.132. The molecule has 0 bridgehead atoms. The van der Waals surface area contributed by atoms with E-state index < -0.39 is 0 Å². The molecule has 3 nitrogen and oxygen atoms in total. The number of hydrogen-bond acceptors (Lipinski definition) is 2. The van der Waals surface area contributed by atoms with Crippen LogP contribution in [0.4, 0.5) is 0 Å². The van der Waals surface area contributed by atoms with Crippen LogP contribution in [0.3, 0.4) is 0 Å². The van der Waals surface area contributed by atoms with E-state index >= 15 is 0 Å². The first-order valence-electron chi connectivity index (χ1n) is 7.17. The molecule has 0 radical (unpaired) electrons. The first-order valence-corrected chi connectivity index (χ1v) is 7.17. The van der Waals surface area contributed by atoms with Crippen molar-refractivity contribution in [3.8, 4) is 5.75 Å². The van der Waals surface area contributed by atoms with Gasteiger partial charge in [-0.05, 0) is 37.5 Å². The van der Waals surface area contributed by atoms with E-state index in [1.165, 1.54) is 12.8 Å². The molecular weight excluding hydrogens is 238 g/mol.